The van der Waals surface area contributed by atoms with Gasteiger partial charge in [-0.3, -0.25) is 14.9 Å². The minimum atomic E-state index is -0.497. The van der Waals surface area contributed by atoms with Gasteiger partial charge in [0.05, 0.1) is 0 Å². The number of aldehydes is 1. The SMILES string of the molecule is CCCC(Br)C1C(=O)CCCC1CCCCCCCC(CCCC=O)[N+](=O)[O-]. The molecule has 1 aliphatic rings. The van der Waals surface area contributed by atoms with E-state index < -0.39 is 6.04 Å². The number of halogens is 1. The van der Waals surface area contributed by atoms with E-state index in [4.69, 9.17) is 0 Å². The lowest BCUT2D eigenvalue weighted by atomic mass is 9.73. The first-order chi connectivity index (χ1) is 13.5. The summed E-state index contributed by atoms with van der Waals surface area (Å²) < 4.78 is 0. The average molecular weight is 460 g/mol. The van der Waals surface area contributed by atoms with Gasteiger partial charge < -0.3 is 4.79 Å². The van der Waals surface area contributed by atoms with E-state index in [1.807, 2.05) is 0 Å². The molecule has 5 nitrogen and oxygen atoms in total. The lowest BCUT2D eigenvalue weighted by Gasteiger charge is -2.33. The maximum atomic E-state index is 12.4. The second-order valence-electron chi connectivity index (χ2n) is 8.33. The van der Waals surface area contributed by atoms with E-state index in [9.17, 15) is 19.7 Å². The summed E-state index contributed by atoms with van der Waals surface area (Å²) >= 11 is 3.78. The molecule has 0 N–H and O–H groups in total. The molecule has 0 saturated heterocycles. The number of ketones is 1. The van der Waals surface area contributed by atoms with Crippen molar-refractivity contribution in [1.29, 1.82) is 0 Å². The Morgan fingerprint density at radius 1 is 1.14 bits per heavy atom. The Kier molecular flexibility index (Phi) is 13.6. The van der Waals surface area contributed by atoms with Crippen molar-refractivity contribution < 1.29 is 14.5 Å². The van der Waals surface area contributed by atoms with Crippen LogP contribution in [0.2, 0.25) is 0 Å². The molecule has 0 bridgehead atoms. The first kappa shape index (κ1) is 25.3. The number of alkyl halides is 1. The molecule has 0 spiro atoms. The zero-order chi connectivity index (χ0) is 20.8. The summed E-state index contributed by atoms with van der Waals surface area (Å²) in [7, 11) is 0. The third-order valence-electron chi connectivity index (χ3n) is 6.10. The van der Waals surface area contributed by atoms with Crippen LogP contribution in [-0.4, -0.2) is 27.9 Å². The smallest absolute Gasteiger partial charge is 0.213 e. The molecule has 0 aliphatic heterocycles. The predicted octanol–water partition coefficient (Wildman–Crippen LogP) is 6.28. The van der Waals surface area contributed by atoms with Crippen LogP contribution < -0.4 is 0 Å². The van der Waals surface area contributed by atoms with Crippen molar-refractivity contribution in [1.82, 2.24) is 0 Å². The van der Waals surface area contributed by atoms with Crippen LogP contribution in [0.15, 0.2) is 0 Å². The summed E-state index contributed by atoms with van der Waals surface area (Å²) in [5.74, 6) is 1.17. The number of nitrogens with zero attached hydrogens (tertiary/aromatic N) is 1. The summed E-state index contributed by atoms with van der Waals surface area (Å²) in [5.41, 5.74) is 0. The molecule has 0 amide bonds. The van der Waals surface area contributed by atoms with Gasteiger partial charge in [0, 0.05) is 41.4 Å². The molecule has 0 heterocycles. The van der Waals surface area contributed by atoms with Crippen LogP contribution in [0.1, 0.15) is 103 Å². The number of rotatable bonds is 16. The van der Waals surface area contributed by atoms with E-state index in [-0.39, 0.29) is 10.8 Å². The summed E-state index contributed by atoms with van der Waals surface area (Å²) in [6.45, 7) is 2.17. The van der Waals surface area contributed by atoms with Crippen molar-refractivity contribution in [3.05, 3.63) is 10.1 Å². The third-order valence-corrected chi connectivity index (χ3v) is 7.13. The molecule has 6 heteroatoms. The molecule has 1 rings (SSSR count). The number of hydrogen-bond acceptors (Lipinski definition) is 4. The predicted molar refractivity (Wildman–Crippen MR) is 116 cm³/mol. The van der Waals surface area contributed by atoms with Crippen molar-refractivity contribution in [2.45, 2.75) is 114 Å². The molecule has 162 valence electrons. The molecule has 28 heavy (non-hydrogen) atoms. The average Bonchev–Trinajstić information content (AvgIpc) is 2.65. The minimum Gasteiger partial charge on any atom is -0.303 e. The minimum absolute atomic E-state index is 0.183. The van der Waals surface area contributed by atoms with E-state index in [2.05, 4.69) is 22.9 Å². The van der Waals surface area contributed by atoms with Gasteiger partial charge in [0.1, 0.15) is 12.1 Å². The Hall–Kier alpha value is -0.780. The van der Waals surface area contributed by atoms with Gasteiger partial charge in [-0.25, -0.2) is 0 Å². The summed E-state index contributed by atoms with van der Waals surface area (Å²) in [5, 5.41) is 11.1. The number of unbranched alkanes of at least 4 members (excludes halogenated alkanes) is 5. The third kappa shape index (κ3) is 9.62. The fourth-order valence-electron chi connectivity index (χ4n) is 4.53. The molecule has 0 radical (unpaired) electrons. The van der Waals surface area contributed by atoms with Gasteiger partial charge in [0.2, 0.25) is 6.04 Å². The lowest BCUT2D eigenvalue weighted by molar-refractivity contribution is -0.524. The first-order valence-electron chi connectivity index (χ1n) is 11.2. The lowest BCUT2D eigenvalue weighted by Crippen LogP contribution is -2.35. The molecule has 1 saturated carbocycles. The largest absolute Gasteiger partial charge is 0.303 e. The van der Waals surface area contributed by atoms with Gasteiger partial charge in [0.25, 0.3) is 0 Å². The monoisotopic (exact) mass is 459 g/mol. The molecule has 1 aliphatic carbocycles. The quantitative estimate of drug-likeness (QED) is 0.0893. The number of carbonyl (C=O) groups excluding carboxylic acids is 2. The highest BCUT2D eigenvalue weighted by Gasteiger charge is 2.35. The van der Waals surface area contributed by atoms with Gasteiger partial charge in [-0.05, 0) is 44.4 Å². The van der Waals surface area contributed by atoms with E-state index in [1.165, 1.54) is 6.42 Å². The van der Waals surface area contributed by atoms with Crippen molar-refractivity contribution in [2.24, 2.45) is 11.8 Å². The highest BCUT2D eigenvalue weighted by Crippen LogP contribution is 2.37. The van der Waals surface area contributed by atoms with Crippen LogP contribution in [0.25, 0.3) is 0 Å². The topological polar surface area (TPSA) is 77.3 Å². The summed E-state index contributed by atoms with van der Waals surface area (Å²) in [6.07, 6.45) is 14.6. The number of carbonyl (C=O) groups is 2. The zero-order valence-corrected chi connectivity index (χ0v) is 19.0. The van der Waals surface area contributed by atoms with Gasteiger partial charge in [-0.15, -0.1) is 0 Å². The Morgan fingerprint density at radius 3 is 2.50 bits per heavy atom. The van der Waals surface area contributed by atoms with Crippen LogP contribution in [-0.2, 0) is 9.59 Å². The van der Waals surface area contributed by atoms with Gasteiger partial charge in [0.15, 0.2) is 0 Å². The summed E-state index contributed by atoms with van der Waals surface area (Å²) in [6, 6.07) is -0.497. The highest BCUT2D eigenvalue weighted by molar-refractivity contribution is 9.09. The van der Waals surface area contributed by atoms with E-state index >= 15 is 0 Å². The van der Waals surface area contributed by atoms with Crippen LogP contribution in [0, 0.1) is 22.0 Å². The van der Waals surface area contributed by atoms with Crippen molar-refractivity contribution in [3.8, 4) is 0 Å². The molecular weight excluding hydrogens is 422 g/mol. The molecule has 4 atom stereocenters. The molecular formula is C22H38BrNO4. The zero-order valence-electron chi connectivity index (χ0n) is 17.5. The Morgan fingerprint density at radius 2 is 1.82 bits per heavy atom. The van der Waals surface area contributed by atoms with Gasteiger partial charge in [-0.2, -0.15) is 0 Å². The fraction of sp³-hybridized carbons (Fsp3) is 0.909. The maximum absolute atomic E-state index is 12.4. The van der Waals surface area contributed by atoms with E-state index in [0.29, 0.717) is 42.2 Å². The molecule has 0 aromatic rings. The molecule has 1 fully saturated rings. The number of Topliss-reactive ketones (excluding diaryl/α,β-unsaturated/α-hetero) is 1. The normalized spacial score (nSPS) is 22.0. The van der Waals surface area contributed by atoms with Crippen molar-refractivity contribution in [2.75, 3.05) is 0 Å². The molecule has 0 aromatic heterocycles. The maximum Gasteiger partial charge on any atom is 0.213 e. The van der Waals surface area contributed by atoms with Gasteiger partial charge in [-0.1, -0.05) is 55.0 Å². The van der Waals surface area contributed by atoms with Crippen molar-refractivity contribution >= 4 is 28.0 Å². The first-order valence-corrected chi connectivity index (χ1v) is 12.2. The van der Waals surface area contributed by atoms with E-state index in [0.717, 1.165) is 70.5 Å². The van der Waals surface area contributed by atoms with Crippen LogP contribution in [0.3, 0.4) is 0 Å². The highest BCUT2D eigenvalue weighted by atomic mass is 79.9. The Balaban J connectivity index is 2.22. The van der Waals surface area contributed by atoms with Crippen molar-refractivity contribution in [3.63, 3.8) is 0 Å². The summed E-state index contributed by atoms with van der Waals surface area (Å²) in [4.78, 5) is 34.0. The molecule has 4 unspecified atom stereocenters. The fourth-order valence-corrected chi connectivity index (χ4v) is 5.72. The van der Waals surface area contributed by atoms with Crippen LogP contribution in [0.5, 0.6) is 0 Å². The van der Waals surface area contributed by atoms with Crippen LogP contribution >= 0.6 is 15.9 Å². The second kappa shape index (κ2) is 15.1. The van der Waals surface area contributed by atoms with Crippen LogP contribution in [0.4, 0.5) is 0 Å². The van der Waals surface area contributed by atoms with Gasteiger partial charge >= 0.3 is 0 Å². The Labute approximate surface area is 178 Å². The number of hydrogen-bond donors (Lipinski definition) is 0. The van der Waals surface area contributed by atoms with E-state index in [1.54, 1.807) is 0 Å². The number of nitro groups is 1. The standard InChI is InChI=1S/C22H38BrNO4/c1-2-11-20(23)22-18(13-10-16-21(22)26)12-6-4-3-5-7-14-19(24(27)28)15-8-9-17-25/h17-20,22H,2-16H2,1H3. The Bertz CT molecular complexity index is 471. The molecule has 0 aromatic carbocycles. The second-order valence-corrected chi connectivity index (χ2v) is 9.51.